The summed E-state index contributed by atoms with van der Waals surface area (Å²) in [6, 6.07) is 1.28. The predicted molar refractivity (Wildman–Crippen MR) is 110 cm³/mol. The lowest BCUT2D eigenvalue weighted by Crippen LogP contribution is -2.44. The van der Waals surface area contributed by atoms with Gasteiger partial charge in [-0.15, -0.1) is 0 Å². The van der Waals surface area contributed by atoms with Crippen LogP contribution in [0.3, 0.4) is 0 Å². The summed E-state index contributed by atoms with van der Waals surface area (Å²) in [6.45, 7) is 0.371. The molecule has 0 spiro atoms. The van der Waals surface area contributed by atoms with E-state index in [-0.39, 0.29) is 11.5 Å². The van der Waals surface area contributed by atoms with Crippen LogP contribution in [0.15, 0.2) is 10.9 Å². The predicted octanol–water partition coefficient (Wildman–Crippen LogP) is -0.0872. The van der Waals surface area contributed by atoms with Gasteiger partial charge in [-0.1, -0.05) is 17.5 Å². The summed E-state index contributed by atoms with van der Waals surface area (Å²) in [5.74, 6) is 2.13. The van der Waals surface area contributed by atoms with Crippen molar-refractivity contribution >= 4 is 52.5 Å². The molecule has 1 aromatic heterocycles. The molecule has 6 atom stereocenters. The van der Waals surface area contributed by atoms with Crippen LogP contribution in [0, 0.1) is 18.2 Å². The molecule has 2 heterocycles. The molecule has 0 bridgehead atoms. The number of aryl methyl sites for hydroxylation is 1. The smallest absolute Gasteiger partial charge is 0.387 e. The summed E-state index contributed by atoms with van der Waals surface area (Å²) in [4.78, 5) is 49.6. The zero-order chi connectivity index (χ0) is 25.4. The number of ether oxygens (including phenoxy) is 1. The second-order valence-electron chi connectivity index (χ2n) is 6.32. The Morgan fingerprint density at radius 1 is 1.27 bits per heavy atom. The van der Waals surface area contributed by atoms with Gasteiger partial charge in [-0.2, -0.15) is 13.6 Å². The highest BCUT2D eigenvalue weighted by atomic mass is 35.5. The lowest BCUT2D eigenvalue weighted by molar-refractivity contribution is -0.0461. The summed E-state index contributed by atoms with van der Waals surface area (Å²) in [5.41, 5.74) is 4.74. The normalized spacial score (nSPS) is 29.0. The van der Waals surface area contributed by atoms with Gasteiger partial charge in [-0.25, -0.2) is 18.5 Å². The number of nitrogens with two attached hydrogens (primary N) is 1. The van der Waals surface area contributed by atoms with Crippen LogP contribution in [0.5, 0.6) is 0 Å². The molecule has 21 heteroatoms. The van der Waals surface area contributed by atoms with Crippen LogP contribution < -0.4 is 11.4 Å². The number of hydrogen-bond acceptors (Lipinski definition) is 11. The first kappa shape index (κ1) is 28.4. The lowest BCUT2D eigenvalue weighted by atomic mass is 9.99. The van der Waals surface area contributed by atoms with Crippen molar-refractivity contribution in [2.45, 2.75) is 30.2 Å². The van der Waals surface area contributed by atoms with Crippen molar-refractivity contribution in [2.24, 2.45) is 0 Å². The number of halogens is 2. The zero-order valence-corrected chi connectivity index (χ0v) is 20.3. The molecule has 1 fully saturated rings. The van der Waals surface area contributed by atoms with E-state index in [2.05, 4.69) is 24.0 Å². The Kier molecular flexibility index (Phi) is 8.62. The van der Waals surface area contributed by atoms with E-state index in [1.54, 1.807) is 0 Å². The molecule has 0 saturated carbocycles. The van der Waals surface area contributed by atoms with Crippen LogP contribution in [0.25, 0.3) is 0 Å². The monoisotopic (exact) mass is 573 g/mol. The molecule has 33 heavy (non-hydrogen) atoms. The Hall–Kier alpha value is -0.850. The van der Waals surface area contributed by atoms with Crippen molar-refractivity contribution < 1.29 is 56.3 Å². The fraction of sp³-hybridized carbons (Fsp3) is 0.500. The Balaban J connectivity index is 2.28. The van der Waals surface area contributed by atoms with E-state index in [1.165, 1.54) is 13.0 Å². The largest absolute Gasteiger partial charge is 0.490 e. The molecule has 1 aliphatic rings. The number of aliphatic hydroxyl groups is 1. The maximum atomic E-state index is 12.3. The Morgan fingerprint density at radius 2 is 1.88 bits per heavy atom. The maximum absolute atomic E-state index is 12.3. The number of nitrogen functional groups attached to an aromatic ring is 1. The molecule has 7 N–H and O–H groups in total. The van der Waals surface area contributed by atoms with Crippen LogP contribution in [0.2, 0.25) is 0 Å². The van der Waals surface area contributed by atoms with E-state index in [0.717, 1.165) is 4.57 Å². The first-order valence-corrected chi connectivity index (χ1v) is 13.5. The number of aromatic nitrogens is 2. The van der Waals surface area contributed by atoms with Gasteiger partial charge < -0.3 is 35.2 Å². The standard InChI is InChI=1S/C12H16Cl2N3O13P3/c1-6-4-8(15)16-11(19)17(6)10-12(14,2-3-13)9(18)7(28-10)5-27-32(23,24)30-33(25,26)29-31(20,21)22/h4,7,9-10,18H,5H2,1H3,(H,23,24)(H,25,26)(H2,15,16,19)(H2,20,21,22)/t7-,9?,10-,12?/m1/s1. The highest BCUT2D eigenvalue weighted by molar-refractivity contribution is 7.66. The summed E-state index contributed by atoms with van der Waals surface area (Å²) >= 11 is 11.8. The molecule has 2 rings (SSSR count). The van der Waals surface area contributed by atoms with Gasteiger partial charge in [0.15, 0.2) is 11.1 Å². The molecule has 4 unspecified atom stereocenters. The number of aliphatic hydroxyl groups excluding tert-OH is 1. The highest BCUT2D eigenvalue weighted by Gasteiger charge is 2.57. The van der Waals surface area contributed by atoms with Crippen LogP contribution in [-0.4, -0.2) is 57.9 Å². The number of phosphoric acid groups is 3. The SMILES string of the molecule is Cc1cc(N)nc(=O)n1[C@@H]1O[C@H](COP(=O)(O)OP(=O)(O)OP(=O)(O)O)C(O)C1(Cl)C#CCl. The van der Waals surface area contributed by atoms with Crippen LogP contribution >= 0.6 is 46.7 Å². The van der Waals surface area contributed by atoms with Crippen molar-refractivity contribution in [3.05, 3.63) is 22.2 Å². The molecular weight excluding hydrogens is 558 g/mol. The molecule has 1 saturated heterocycles. The van der Waals surface area contributed by atoms with Crippen LogP contribution in [0.1, 0.15) is 11.9 Å². The van der Waals surface area contributed by atoms with E-state index >= 15 is 0 Å². The summed E-state index contributed by atoms with van der Waals surface area (Å²) < 4.78 is 51.9. The summed E-state index contributed by atoms with van der Waals surface area (Å²) in [5, 5.41) is 12.5. The lowest BCUT2D eigenvalue weighted by Gasteiger charge is -2.26. The van der Waals surface area contributed by atoms with E-state index in [1.807, 2.05) is 5.38 Å². The number of phosphoric ester groups is 1. The van der Waals surface area contributed by atoms with E-state index in [0.29, 0.717) is 0 Å². The van der Waals surface area contributed by atoms with Gasteiger partial charge in [0.1, 0.15) is 18.0 Å². The minimum atomic E-state index is -5.76. The molecular formula is C12H16Cl2N3O13P3. The molecule has 0 radical (unpaired) electrons. The average Bonchev–Trinajstić information content (AvgIpc) is 2.81. The summed E-state index contributed by atoms with van der Waals surface area (Å²) in [6.07, 6.45) is -5.03. The van der Waals surface area contributed by atoms with E-state index in [9.17, 15) is 33.4 Å². The van der Waals surface area contributed by atoms with Crippen molar-refractivity contribution in [3.63, 3.8) is 0 Å². The Morgan fingerprint density at radius 3 is 2.39 bits per heavy atom. The molecule has 0 aliphatic carbocycles. The van der Waals surface area contributed by atoms with Crippen molar-refractivity contribution in [1.29, 1.82) is 0 Å². The van der Waals surface area contributed by atoms with Gasteiger partial charge in [-0.05, 0) is 24.6 Å². The van der Waals surface area contributed by atoms with Gasteiger partial charge in [0.25, 0.3) is 0 Å². The fourth-order valence-electron chi connectivity index (χ4n) is 2.73. The Bertz CT molecular complexity index is 1180. The number of alkyl halides is 1. The highest BCUT2D eigenvalue weighted by Crippen LogP contribution is 2.66. The van der Waals surface area contributed by atoms with Gasteiger partial charge in [0, 0.05) is 11.1 Å². The van der Waals surface area contributed by atoms with Crippen molar-refractivity contribution in [1.82, 2.24) is 9.55 Å². The van der Waals surface area contributed by atoms with Crippen LogP contribution in [-0.2, 0) is 31.6 Å². The molecule has 16 nitrogen and oxygen atoms in total. The van der Waals surface area contributed by atoms with E-state index in [4.69, 9.17) is 43.5 Å². The quantitative estimate of drug-likeness (QED) is 0.135. The van der Waals surface area contributed by atoms with Crippen molar-refractivity contribution in [2.75, 3.05) is 12.3 Å². The average molecular weight is 574 g/mol. The van der Waals surface area contributed by atoms with Gasteiger partial charge in [0.2, 0.25) is 0 Å². The van der Waals surface area contributed by atoms with Crippen molar-refractivity contribution in [3.8, 4) is 11.3 Å². The molecule has 1 aromatic rings. The first-order valence-electron chi connectivity index (χ1n) is 8.20. The minimum absolute atomic E-state index is 0.125. The first-order chi connectivity index (χ1) is 14.9. The number of anilines is 1. The second-order valence-corrected chi connectivity index (χ2v) is 11.6. The minimum Gasteiger partial charge on any atom is -0.387 e. The molecule has 0 amide bonds. The number of rotatable bonds is 8. The Labute approximate surface area is 194 Å². The number of hydrogen-bond donors (Lipinski definition) is 6. The topological polar surface area (TPSA) is 250 Å². The maximum Gasteiger partial charge on any atom is 0.490 e. The third-order valence-electron chi connectivity index (χ3n) is 3.90. The molecule has 186 valence electrons. The number of nitrogens with zero attached hydrogens (tertiary/aromatic N) is 2. The molecule has 0 aromatic carbocycles. The second kappa shape index (κ2) is 10.0. The van der Waals surface area contributed by atoms with Gasteiger partial charge >= 0.3 is 29.2 Å². The fourth-order valence-corrected chi connectivity index (χ4v) is 6.30. The molecule has 1 aliphatic heterocycles. The van der Waals surface area contributed by atoms with Gasteiger partial charge in [-0.3, -0.25) is 9.09 Å². The van der Waals surface area contributed by atoms with Crippen LogP contribution in [0.4, 0.5) is 5.82 Å². The third kappa shape index (κ3) is 7.08. The van der Waals surface area contributed by atoms with Gasteiger partial charge in [0.05, 0.1) is 6.61 Å². The zero-order valence-electron chi connectivity index (χ0n) is 16.1. The summed E-state index contributed by atoms with van der Waals surface area (Å²) in [7, 11) is -16.9. The van der Waals surface area contributed by atoms with E-state index < -0.39 is 59.1 Å². The third-order valence-corrected chi connectivity index (χ3v) is 8.31.